The molecular weight excluding hydrogens is 420 g/mol. The van der Waals surface area contributed by atoms with Crippen LogP contribution in [0.15, 0.2) is 58.5 Å². The Morgan fingerprint density at radius 1 is 1.12 bits per heavy atom. The number of hydrogen-bond acceptors (Lipinski definition) is 5. The lowest BCUT2D eigenvalue weighted by Gasteiger charge is -2.35. The van der Waals surface area contributed by atoms with Crippen LogP contribution in [-0.2, 0) is 0 Å². The average molecular weight is 451 g/mol. The summed E-state index contributed by atoms with van der Waals surface area (Å²) in [6.45, 7) is 5.44. The highest BCUT2D eigenvalue weighted by Gasteiger charge is 2.40. The fraction of sp³-hybridized carbons (Fsp3) is 0.400. The molecule has 2 aliphatic rings. The summed E-state index contributed by atoms with van der Waals surface area (Å²) in [7, 11) is 1.67. The monoisotopic (exact) mass is 450 g/mol. The van der Waals surface area contributed by atoms with Crippen LogP contribution in [0.3, 0.4) is 0 Å². The second-order valence-corrected chi connectivity index (χ2v) is 9.25. The Hall–Kier alpha value is -2.80. The van der Waals surface area contributed by atoms with Crippen LogP contribution in [0.2, 0.25) is 0 Å². The van der Waals surface area contributed by atoms with E-state index in [1.54, 1.807) is 18.9 Å². The first-order valence-electron chi connectivity index (χ1n) is 11.1. The van der Waals surface area contributed by atoms with Gasteiger partial charge >= 0.3 is 6.03 Å². The number of thioether (sulfide) groups is 1. The summed E-state index contributed by atoms with van der Waals surface area (Å²) in [5, 5.41) is 4.05. The van der Waals surface area contributed by atoms with Gasteiger partial charge < -0.3 is 15.0 Å². The van der Waals surface area contributed by atoms with E-state index in [1.165, 1.54) is 0 Å². The van der Waals surface area contributed by atoms with E-state index < -0.39 is 5.66 Å². The molecule has 0 atom stereocenters. The molecule has 2 aliphatic heterocycles. The molecule has 1 spiro atoms. The summed E-state index contributed by atoms with van der Waals surface area (Å²) in [4.78, 5) is 24.9. The second-order valence-electron chi connectivity index (χ2n) is 8.17. The lowest BCUT2D eigenvalue weighted by Crippen LogP contribution is -2.46. The van der Waals surface area contributed by atoms with Gasteiger partial charge in [0.1, 0.15) is 10.8 Å². The molecule has 2 aromatic carbocycles. The molecule has 6 nitrogen and oxygen atoms in total. The van der Waals surface area contributed by atoms with Crippen LogP contribution in [0.4, 0.5) is 10.5 Å². The SMILES string of the molecule is CCCSC1=NC2(CCN(C(=O)Nc3ccccc3C)CC2)N=C1c1ccc(OC)cc1. The normalized spacial score (nSPS) is 17.2. The van der Waals surface area contributed by atoms with Crippen LogP contribution in [-0.4, -0.2) is 53.3 Å². The molecule has 1 N–H and O–H groups in total. The molecular formula is C25H30N4O2S. The number of amides is 2. The second kappa shape index (κ2) is 9.77. The molecule has 0 saturated carbocycles. The van der Waals surface area contributed by atoms with E-state index in [-0.39, 0.29) is 6.03 Å². The zero-order chi connectivity index (χ0) is 22.6. The van der Waals surface area contributed by atoms with E-state index in [0.29, 0.717) is 13.1 Å². The van der Waals surface area contributed by atoms with Crippen molar-refractivity contribution >= 4 is 34.2 Å². The van der Waals surface area contributed by atoms with Gasteiger partial charge in [-0.15, -0.1) is 11.8 Å². The highest BCUT2D eigenvalue weighted by atomic mass is 32.2. The maximum Gasteiger partial charge on any atom is 0.321 e. The molecule has 2 heterocycles. The Morgan fingerprint density at radius 3 is 2.50 bits per heavy atom. The maximum absolute atomic E-state index is 12.8. The average Bonchev–Trinajstić information content (AvgIpc) is 3.17. The number of ether oxygens (including phenoxy) is 1. The van der Waals surface area contributed by atoms with Crippen molar-refractivity contribution in [3.63, 3.8) is 0 Å². The summed E-state index contributed by atoms with van der Waals surface area (Å²) in [6.07, 6.45) is 2.54. The first kappa shape index (κ1) is 22.4. The van der Waals surface area contributed by atoms with Crippen LogP contribution in [0.5, 0.6) is 5.75 Å². The minimum atomic E-state index is -0.467. The van der Waals surface area contributed by atoms with Gasteiger partial charge in [-0.1, -0.05) is 25.1 Å². The molecule has 2 amide bonds. The number of urea groups is 1. The van der Waals surface area contributed by atoms with Gasteiger partial charge in [0.15, 0.2) is 5.66 Å². The van der Waals surface area contributed by atoms with Gasteiger partial charge in [-0.25, -0.2) is 9.79 Å². The molecule has 168 valence electrons. The van der Waals surface area contributed by atoms with Crippen molar-refractivity contribution in [3.05, 3.63) is 59.7 Å². The van der Waals surface area contributed by atoms with Gasteiger partial charge in [0.05, 0.1) is 12.8 Å². The number of likely N-dealkylation sites (tertiary alicyclic amines) is 1. The largest absolute Gasteiger partial charge is 0.497 e. The fourth-order valence-corrected chi connectivity index (χ4v) is 4.89. The number of benzene rings is 2. The number of para-hydroxylation sites is 1. The van der Waals surface area contributed by atoms with Crippen molar-refractivity contribution in [1.29, 1.82) is 0 Å². The number of nitrogens with one attached hydrogen (secondary N) is 1. The van der Waals surface area contributed by atoms with Crippen molar-refractivity contribution in [2.45, 2.75) is 38.8 Å². The lowest BCUT2D eigenvalue weighted by atomic mass is 9.98. The van der Waals surface area contributed by atoms with Crippen LogP contribution >= 0.6 is 11.8 Å². The van der Waals surface area contributed by atoms with Gasteiger partial charge in [0, 0.05) is 37.2 Å². The third-order valence-corrected chi connectivity index (χ3v) is 7.05. The molecule has 0 unspecified atom stereocenters. The molecule has 0 bridgehead atoms. The van der Waals surface area contributed by atoms with Crippen LogP contribution in [0, 0.1) is 6.92 Å². The number of rotatable bonds is 5. The number of aliphatic imine (C=N–C) groups is 2. The smallest absolute Gasteiger partial charge is 0.321 e. The molecule has 2 aromatic rings. The molecule has 0 aromatic heterocycles. The first-order chi connectivity index (χ1) is 15.5. The Morgan fingerprint density at radius 2 is 1.84 bits per heavy atom. The molecule has 0 aliphatic carbocycles. The predicted molar refractivity (Wildman–Crippen MR) is 133 cm³/mol. The summed E-state index contributed by atoms with van der Waals surface area (Å²) in [5.74, 6) is 1.84. The number of piperidine rings is 1. The topological polar surface area (TPSA) is 66.3 Å². The Kier molecular flexibility index (Phi) is 6.84. The van der Waals surface area contributed by atoms with E-state index in [2.05, 4.69) is 12.2 Å². The predicted octanol–water partition coefficient (Wildman–Crippen LogP) is 5.37. The number of aryl methyl sites for hydroxylation is 1. The number of carbonyl (C=O) groups excluding carboxylic acids is 1. The summed E-state index contributed by atoms with van der Waals surface area (Å²) >= 11 is 1.77. The molecule has 4 rings (SSSR count). The fourth-order valence-electron chi connectivity index (χ4n) is 3.96. The Labute approximate surface area is 194 Å². The Bertz CT molecular complexity index is 1020. The van der Waals surface area contributed by atoms with Gasteiger partial charge in [0.25, 0.3) is 0 Å². The zero-order valence-corrected chi connectivity index (χ0v) is 19.7. The number of nitrogens with zero attached hydrogens (tertiary/aromatic N) is 3. The minimum Gasteiger partial charge on any atom is -0.497 e. The number of carbonyl (C=O) groups is 1. The standard InChI is InChI=1S/C25H30N4O2S/c1-4-17-32-23-22(19-9-11-20(31-3)12-10-19)27-25(28-23)13-15-29(16-14-25)24(30)26-21-8-6-5-7-18(21)2/h5-12H,4,13-17H2,1-3H3,(H,26,30). The van der Waals surface area contributed by atoms with Gasteiger partial charge in [0.2, 0.25) is 0 Å². The summed E-state index contributed by atoms with van der Waals surface area (Å²) in [5.41, 5.74) is 3.47. The Balaban J connectivity index is 1.48. The molecule has 32 heavy (non-hydrogen) atoms. The van der Waals surface area contributed by atoms with Crippen LogP contribution in [0.25, 0.3) is 0 Å². The van der Waals surface area contributed by atoms with E-state index in [1.807, 2.05) is 60.4 Å². The minimum absolute atomic E-state index is 0.0592. The number of methoxy groups -OCH3 is 1. The van der Waals surface area contributed by atoms with Crippen molar-refractivity contribution in [2.75, 3.05) is 31.3 Å². The van der Waals surface area contributed by atoms with Gasteiger partial charge in [-0.2, -0.15) is 0 Å². The molecule has 1 saturated heterocycles. The summed E-state index contributed by atoms with van der Waals surface area (Å²) < 4.78 is 5.30. The van der Waals surface area contributed by atoms with Crippen molar-refractivity contribution in [1.82, 2.24) is 4.90 Å². The van der Waals surface area contributed by atoms with Crippen molar-refractivity contribution < 1.29 is 9.53 Å². The number of anilines is 1. The highest BCUT2D eigenvalue weighted by molar-refractivity contribution is 8.15. The maximum atomic E-state index is 12.8. The van der Waals surface area contributed by atoms with Crippen LogP contribution < -0.4 is 10.1 Å². The van der Waals surface area contributed by atoms with Crippen LogP contribution in [0.1, 0.15) is 37.3 Å². The third-order valence-electron chi connectivity index (χ3n) is 5.88. The quantitative estimate of drug-likeness (QED) is 0.666. The van der Waals surface area contributed by atoms with Crippen molar-refractivity contribution in [2.24, 2.45) is 9.98 Å². The highest BCUT2D eigenvalue weighted by Crippen LogP contribution is 2.36. The summed E-state index contributed by atoms with van der Waals surface area (Å²) in [6, 6.07) is 15.8. The third kappa shape index (κ3) is 4.83. The van der Waals surface area contributed by atoms with E-state index in [4.69, 9.17) is 14.7 Å². The van der Waals surface area contributed by atoms with Crippen molar-refractivity contribution in [3.8, 4) is 5.75 Å². The lowest BCUT2D eigenvalue weighted by molar-refractivity contribution is 0.175. The van der Waals surface area contributed by atoms with Gasteiger partial charge in [-0.3, -0.25) is 4.99 Å². The zero-order valence-electron chi connectivity index (χ0n) is 18.9. The molecule has 1 fully saturated rings. The number of hydrogen-bond donors (Lipinski definition) is 1. The van der Waals surface area contributed by atoms with E-state index in [9.17, 15) is 4.79 Å². The molecule has 7 heteroatoms. The van der Waals surface area contributed by atoms with E-state index in [0.717, 1.165) is 58.3 Å². The van der Waals surface area contributed by atoms with Gasteiger partial charge in [-0.05, 0) is 55.0 Å². The first-order valence-corrected chi connectivity index (χ1v) is 12.1. The van der Waals surface area contributed by atoms with E-state index >= 15 is 0 Å². The molecule has 0 radical (unpaired) electrons.